The van der Waals surface area contributed by atoms with Crippen molar-refractivity contribution >= 4 is 24.0 Å². The van der Waals surface area contributed by atoms with Crippen molar-refractivity contribution in [2.75, 3.05) is 32.8 Å². The number of nitrogens with zero attached hydrogens (tertiary/aromatic N) is 1. The number of hydrogen-bond acceptors (Lipinski definition) is 4. The van der Waals surface area contributed by atoms with E-state index in [1.54, 1.807) is 12.1 Å². The smallest absolute Gasteiger partial charge is 0.159 e. The molecule has 1 saturated heterocycles. The van der Waals surface area contributed by atoms with Crippen LogP contribution in [0.5, 0.6) is 5.75 Å². The Balaban J connectivity index is 0.00000280. The zero-order valence-corrected chi connectivity index (χ0v) is 17.0. The lowest BCUT2D eigenvalue weighted by Gasteiger charge is -2.34. The molecular weight excluding hydrogens is 411 g/mol. The number of hydrogen-bond donors (Lipinski definition) is 1. The van der Waals surface area contributed by atoms with E-state index in [0.717, 1.165) is 17.7 Å². The van der Waals surface area contributed by atoms with E-state index in [0.29, 0.717) is 42.6 Å². The fourth-order valence-corrected chi connectivity index (χ4v) is 3.33. The Morgan fingerprint density at radius 3 is 2.75 bits per heavy atom. The van der Waals surface area contributed by atoms with E-state index in [9.17, 15) is 13.9 Å². The van der Waals surface area contributed by atoms with Gasteiger partial charge in [0.05, 0.1) is 17.7 Å². The van der Waals surface area contributed by atoms with Crippen molar-refractivity contribution in [3.63, 3.8) is 0 Å². The standard InChI is InChI=1S/C20H22ClF2NO3.ClH/c1-13-2-5-19(16(21)8-13)27-12-15(25)10-24-6-7-26-20(11-24)14-3-4-17(22)18(23)9-14;/h2-5,8-9,15,20,25H,6-7,10-12H2,1H3;1H. The number of aliphatic hydroxyl groups is 1. The lowest BCUT2D eigenvalue weighted by atomic mass is 10.1. The topological polar surface area (TPSA) is 41.9 Å². The van der Waals surface area contributed by atoms with Crippen molar-refractivity contribution in [3.05, 3.63) is 64.2 Å². The zero-order chi connectivity index (χ0) is 19.4. The Hall–Kier alpha value is -1.44. The van der Waals surface area contributed by atoms with Crippen LogP contribution in [0.25, 0.3) is 0 Å². The van der Waals surface area contributed by atoms with Gasteiger partial charge in [0.25, 0.3) is 0 Å². The molecule has 3 rings (SSSR count). The number of morpholine rings is 1. The summed E-state index contributed by atoms with van der Waals surface area (Å²) < 4.78 is 37.8. The molecule has 154 valence electrons. The fraction of sp³-hybridized carbons (Fsp3) is 0.400. The van der Waals surface area contributed by atoms with Gasteiger partial charge in [0.1, 0.15) is 18.5 Å². The summed E-state index contributed by atoms with van der Waals surface area (Å²) in [6.45, 7) is 3.99. The quantitative estimate of drug-likeness (QED) is 0.742. The van der Waals surface area contributed by atoms with Crippen molar-refractivity contribution < 1.29 is 23.4 Å². The first-order valence-electron chi connectivity index (χ1n) is 8.78. The number of β-amino-alcohol motifs (C(OH)–C–C–N with tert-alkyl or cyclic N) is 1. The Morgan fingerprint density at radius 1 is 1.25 bits per heavy atom. The molecule has 0 amide bonds. The molecule has 2 atom stereocenters. The second-order valence-electron chi connectivity index (χ2n) is 6.69. The maximum atomic E-state index is 13.4. The Labute approximate surface area is 174 Å². The molecule has 0 spiro atoms. The van der Waals surface area contributed by atoms with Crippen LogP contribution in [0, 0.1) is 18.6 Å². The molecule has 4 nitrogen and oxygen atoms in total. The Kier molecular flexibility index (Phi) is 8.46. The number of halogens is 4. The summed E-state index contributed by atoms with van der Waals surface area (Å²) in [4.78, 5) is 2.01. The van der Waals surface area contributed by atoms with Gasteiger partial charge < -0.3 is 14.6 Å². The predicted octanol–water partition coefficient (Wildman–Crippen LogP) is 4.16. The molecule has 2 aromatic carbocycles. The minimum Gasteiger partial charge on any atom is -0.489 e. The molecule has 0 radical (unpaired) electrons. The third kappa shape index (κ3) is 6.03. The molecular formula is C20H23Cl2F2NO3. The Bertz CT molecular complexity index is 794. The molecule has 1 heterocycles. The van der Waals surface area contributed by atoms with Gasteiger partial charge in [0, 0.05) is 19.6 Å². The monoisotopic (exact) mass is 433 g/mol. The normalized spacial score (nSPS) is 18.4. The van der Waals surface area contributed by atoms with Crippen LogP contribution in [0.3, 0.4) is 0 Å². The highest BCUT2D eigenvalue weighted by atomic mass is 35.5. The number of benzene rings is 2. The molecule has 1 aliphatic rings. The minimum absolute atomic E-state index is 0. The van der Waals surface area contributed by atoms with E-state index in [4.69, 9.17) is 21.1 Å². The summed E-state index contributed by atoms with van der Waals surface area (Å²) in [5, 5.41) is 10.8. The van der Waals surface area contributed by atoms with Crippen LogP contribution in [-0.4, -0.2) is 49.0 Å². The van der Waals surface area contributed by atoms with E-state index >= 15 is 0 Å². The summed E-state index contributed by atoms with van der Waals surface area (Å²) in [5.74, 6) is -1.24. The fourth-order valence-electron chi connectivity index (χ4n) is 3.04. The maximum Gasteiger partial charge on any atom is 0.159 e. The third-order valence-corrected chi connectivity index (χ3v) is 4.75. The first kappa shape index (κ1) is 22.8. The molecule has 0 bridgehead atoms. The van der Waals surface area contributed by atoms with Crippen molar-refractivity contribution in [1.29, 1.82) is 0 Å². The SMILES string of the molecule is Cc1ccc(OCC(O)CN2CCOC(c3ccc(F)c(F)c3)C2)c(Cl)c1.Cl. The lowest BCUT2D eigenvalue weighted by molar-refractivity contribution is -0.0460. The maximum absolute atomic E-state index is 13.4. The van der Waals surface area contributed by atoms with Gasteiger partial charge in [0.2, 0.25) is 0 Å². The first-order chi connectivity index (χ1) is 12.9. The van der Waals surface area contributed by atoms with Gasteiger partial charge in [0.15, 0.2) is 11.6 Å². The summed E-state index contributed by atoms with van der Waals surface area (Å²) in [6.07, 6.45) is -1.08. The van der Waals surface area contributed by atoms with Crippen LogP contribution in [0.4, 0.5) is 8.78 Å². The highest BCUT2D eigenvalue weighted by molar-refractivity contribution is 6.32. The Morgan fingerprint density at radius 2 is 2.04 bits per heavy atom. The molecule has 28 heavy (non-hydrogen) atoms. The summed E-state index contributed by atoms with van der Waals surface area (Å²) >= 11 is 6.12. The van der Waals surface area contributed by atoms with Crippen LogP contribution in [0.1, 0.15) is 17.2 Å². The zero-order valence-electron chi connectivity index (χ0n) is 15.4. The first-order valence-corrected chi connectivity index (χ1v) is 9.16. The van der Waals surface area contributed by atoms with E-state index in [1.165, 1.54) is 6.07 Å². The van der Waals surface area contributed by atoms with Gasteiger partial charge in [-0.2, -0.15) is 0 Å². The van der Waals surface area contributed by atoms with Gasteiger partial charge in [-0.25, -0.2) is 8.78 Å². The van der Waals surface area contributed by atoms with Crippen molar-refractivity contribution in [2.24, 2.45) is 0 Å². The molecule has 0 saturated carbocycles. The predicted molar refractivity (Wildman–Crippen MR) is 106 cm³/mol. The van der Waals surface area contributed by atoms with Crippen molar-refractivity contribution in [2.45, 2.75) is 19.1 Å². The average molecular weight is 434 g/mol. The number of aryl methyl sites for hydroxylation is 1. The van der Waals surface area contributed by atoms with Gasteiger partial charge in [-0.05, 0) is 42.3 Å². The highest BCUT2D eigenvalue weighted by Gasteiger charge is 2.24. The molecule has 2 aromatic rings. The van der Waals surface area contributed by atoms with E-state index in [2.05, 4.69) is 0 Å². The van der Waals surface area contributed by atoms with Crippen LogP contribution in [-0.2, 0) is 4.74 Å². The van der Waals surface area contributed by atoms with Crippen LogP contribution >= 0.6 is 24.0 Å². The second-order valence-corrected chi connectivity index (χ2v) is 7.10. The van der Waals surface area contributed by atoms with Crippen LogP contribution in [0.15, 0.2) is 36.4 Å². The second kappa shape index (κ2) is 10.4. The van der Waals surface area contributed by atoms with Gasteiger partial charge in [-0.3, -0.25) is 4.90 Å². The molecule has 1 fully saturated rings. The molecule has 0 aromatic heterocycles. The van der Waals surface area contributed by atoms with E-state index in [-0.39, 0.29) is 25.1 Å². The summed E-state index contributed by atoms with van der Waals surface area (Å²) in [7, 11) is 0. The lowest BCUT2D eigenvalue weighted by Crippen LogP contribution is -2.43. The molecule has 2 unspecified atom stereocenters. The van der Waals surface area contributed by atoms with Crippen molar-refractivity contribution in [1.82, 2.24) is 4.90 Å². The van der Waals surface area contributed by atoms with Gasteiger partial charge >= 0.3 is 0 Å². The highest BCUT2D eigenvalue weighted by Crippen LogP contribution is 2.26. The average Bonchev–Trinajstić information content (AvgIpc) is 2.63. The van der Waals surface area contributed by atoms with Gasteiger partial charge in [-0.15, -0.1) is 12.4 Å². The summed E-state index contributed by atoms with van der Waals surface area (Å²) in [5.41, 5.74) is 1.61. The molecule has 8 heteroatoms. The molecule has 1 aliphatic heterocycles. The van der Waals surface area contributed by atoms with E-state index in [1.807, 2.05) is 17.9 Å². The summed E-state index contributed by atoms with van der Waals surface area (Å²) in [6, 6.07) is 9.24. The van der Waals surface area contributed by atoms with Gasteiger partial charge in [-0.1, -0.05) is 23.7 Å². The van der Waals surface area contributed by atoms with E-state index < -0.39 is 17.7 Å². The number of aliphatic hydroxyl groups excluding tert-OH is 1. The molecule has 1 N–H and O–H groups in total. The van der Waals surface area contributed by atoms with Crippen molar-refractivity contribution in [3.8, 4) is 5.75 Å². The largest absolute Gasteiger partial charge is 0.489 e. The third-order valence-electron chi connectivity index (χ3n) is 4.45. The molecule has 0 aliphatic carbocycles. The van der Waals surface area contributed by atoms with Crippen LogP contribution in [0.2, 0.25) is 5.02 Å². The minimum atomic E-state index is -0.892. The number of rotatable bonds is 6. The van der Waals surface area contributed by atoms with Crippen LogP contribution < -0.4 is 4.74 Å². The number of ether oxygens (including phenoxy) is 2.